The Kier molecular flexibility index (Phi) is 7.63. The summed E-state index contributed by atoms with van der Waals surface area (Å²) < 4.78 is 9.89. The predicted octanol–water partition coefficient (Wildman–Crippen LogP) is 2.79. The molecule has 0 radical (unpaired) electrons. The molecule has 0 aromatic heterocycles. The highest BCUT2D eigenvalue weighted by Crippen LogP contribution is 2.09. The molecular weight excluding hydrogens is 244 g/mol. The molecule has 0 N–H and O–H groups in total. The monoisotopic (exact) mass is 262 g/mol. The Morgan fingerprint density at radius 1 is 1.12 bits per heavy atom. The molecule has 0 saturated heterocycles. The summed E-state index contributed by atoms with van der Waals surface area (Å²) in [5.74, 6) is -1.34. The summed E-state index contributed by atoms with van der Waals surface area (Å²) >= 11 is 5.64. The average molecular weight is 263 g/mol. The largest absolute Gasteiger partial charge is 0.459 e. The Morgan fingerprint density at radius 2 is 1.59 bits per heavy atom. The lowest BCUT2D eigenvalue weighted by Gasteiger charge is -2.10. The van der Waals surface area contributed by atoms with Gasteiger partial charge in [0, 0.05) is 6.08 Å². The molecule has 2 atom stereocenters. The molecule has 0 aromatic carbocycles. The van der Waals surface area contributed by atoms with E-state index >= 15 is 0 Å². The second-order valence-corrected chi connectivity index (χ2v) is 4.18. The van der Waals surface area contributed by atoms with Crippen LogP contribution in [0.1, 0.15) is 40.5 Å². The van der Waals surface area contributed by atoms with Gasteiger partial charge in [-0.3, -0.25) is 0 Å². The lowest BCUT2D eigenvalue weighted by atomic mass is 10.3. The standard InChI is InChI=1S/C12H19ClO4/c1-5-8(3)16-11(14)7-10(13)12(15)17-9(4)6-2/h7-9H,5-6H2,1-4H3/b10-7+. The number of ether oxygens (including phenoxy) is 2. The van der Waals surface area contributed by atoms with Crippen LogP contribution in [0.4, 0.5) is 0 Å². The molecule has 0 rings (SSSR count). The fraction of sp³-hybridized carbons (Fsp3) is 0.667. The van der Waals surface area contributed by atoms with E-state index in [1.807, 2.05) is 13.8 Å². The Hall–Kier alpha value is -1.03. The van der Waals surface area contributed by atoms with Crippen molar-refractivity contribution in [2.45, 2.75) is 52.7 Å². The highest BCUT2D eigenvalue weighted by atomic mass is 35.5. The first-order valence-corrected chi connectivity index (χ1v) is 6.07. The molecule has 0 aromatic rings. The van der Waals surface area contributed by atoms with E-state index in [1.165, 1.54) is 0 Å². The van der Waals surface area contributed by atoms with E-state index in [9.17, 15) is 9.59 Å². The Morgan fingerprint density at radius 3 is 2.06 bits per heavy atom. The zero-order valence-corrected chi connectivity index (χ0v) is 11.4. The molecule has 98 valence electrons. The van der Waals surface area contributed by atoms with Crippen molar-refractivity contribution in [1.82, 2.24) is 0 Å². The number of carbonyl (C=O) groups is 2. The SMILES string of the molecule is CCC(C)OC(=O)/C=C(/Cl)C(=O)OC(C)CC. The Balaban J connectivity index is 4.32. The third-order valence-corrected chi connectivity index (χ3v) is 2.48. The van der Waals surface area contributed by atoms with E-state index in [1.54, 1.807) is 13.8 Å². The van der Waals surface area contributed by atoms with E-state index in [-0.39, 0.29) is 17.2 Å². The minimum atomic E-state index is -0.706. The van der Waals surface area contributed by atoms with Crippen molar-refractivity contribution in [3.63, 3.8) is 0 Å². The molecule has 4 nitrogen and oxygen atoms in total. The minimum Gasteiger partial charge on any atom is -0.459 e. The van der Waals surface area contributed by atoms with Crippen LogP contribution in [0.15, 0.2) is 11.1 Å². The van der Waals surface area contributed by atoms with Gasteiger partial charge in [-0.15, -0.1) is 0 Å². The first-order valence-electron chi connectivity index (χ1n) is 5.69. The van der Waals surface area contributed by atoms with Gasteiger partial charge in [0.05, 0.1) is 12.2 Å². The van der Waals surface area contributed by atoms with E-state index in [2.05, 4.69) is 0 Å². The van der Waals surface area contributed by atoms with E-state index < -0.39 is 11.9 Å². The molecule has 0 fully saturated rings. The van der Waals surface area contributed by atoms with Crippen molar-refractivity contribution in [2.24, 2.45) is 0 Å². The lowest BCUT2D eigenvalue weighted by Crippen LogP contribution is -2.16. The average Bonchev–Trinajstić information content (AvgIpc) is 2.28. The van der Waals surface area contributed by atoms with Crippen LogP contribution in [0.2, 0.25) is 0 Å². The number of hydrogen-bond acceptors (Lipinski definition) is 4. The van der Waals surface area contributed by atoms with E-state index in [4.69, 9.17) is 21.1 Å². The summed E-state index contributed by atoms with van der Waals surface area (Å²) in [5, 5.41) is -0.265. The number of rotatable bonds is 6. The second-order valence-electron chi connectivity index (χ2n) is 3.77. The number of esters is 2. The molecule has 0 aliphatic rings. The summed E-state index contributed by atoms with van der Waals surface area (Å²) in [6.07, 6.45) is 1.91. The molecule has 0 bridgehead atoms. The fourth-order valence-corrected chi connectivity index (χ4v) is 0.934. The zero-order chi connectivity index (χ0) is 13.4. The molecule has 0 aliphatic heterocycles. The van der Waals surface area contributed by atoms with Gasteiger partial charge in [-0.25, -0.2) is 9.59 Å². The third kappa shape index (κ3) is 7.00. The molecule has 0 amide bonds. The minimum absolute atomic E-state index is 0.200. The fourth-order valence-electron chi connectivity index (χ4n) is 0.800. The van der Waals surface area contributed by atoms with Crippen molar-refractivity contribution in [3.05, 3.63) is 11.1 Å². The maximum Gasteiger partial charge on any atom is 0.350 e. The van der Waals surface area contributed by atoms with Gasteiger partial charge in [-0.05, 0) is 26.7 Å². The van der Waals surface area contributed by atoms with Gasteiger partial charge in [-0.1, -0.05) is 25.4 Å². The van der Waals surface area contributed by atoms with Crippen LogP contribution in [0, 0.1) is 0 Å². The Labute approximate surface area is 107 Å². The van der Waals surface area contributed by atoms with Gasteiger partial charge in [0.1, 0.15) is 5.03 Å². The van der Waals surface area contributed by atoms with Gasteiger partial charge >= 0.3 is 11.9 Å². The molecule has 0 spiro atoms. The molecular formula is C12H19ClO4. The highest BCUT2D eigenvalue weighted by molar-refractivity contribution is 6.42. The highest BCUT2D eigenvalue weighted by Gasteiger charge is 2.14. The molecule has 2 unspecified atom stereocenters. The van der Waals surface area contributed by atoms with Crippen molar-refractivity contribution in [1.29, 1.82) is 0 Å². The first-order chi connectivity index (χ1) is 7.90. The first kappa shape index (κ1) is 16.0. The van der Waals surface area contributed by atoms with Crippen LogP contribution < -0.4 is 0 Å². The summed E-state index contributed by atoms with van der Waals surface area (Å²) in [6.45, 7) is 7.28. The van der Waals surface area contributed by atoms with Crippen LogP contribution >= 0.6 is 11.6 Å². The molecule has 17 heavy (non-hydrogen) atoms. The summed E-state index contributed by atoms with van der Waals surface area (Å²) in [4.78, 5) is 22.7. The van der Waals surface area contributed by atoms with Gasteiger partial charge in [0.15, 0.2) is 0 Å². The normalized spacial score (nSPS) is 15.0. The van der Waals surface area contributed by atoms with Crippen molar-refractivity contribution in [2.75, 3.05) is 0 Å². The maximum atomic E-state index is 11.4. The molecule has 0 saturated carbocycles. The van der Waals surface area contributed by atoms with Gasteiger partial charge in [0.25, 0.3) is 0 Å². The van der Waals surface area contributed by atoms with E-state index in [0.29, 0.717) is 12.8 Å². The van der Waals surface area contributed by atoms with Gasteiger partial charge < -0.3 is 9.47 Å². The third-order valence-electron chi connectivity index (χ3n) is 2.21. The second kappa shape index (κ2) is 8.12. The Bertz CT molecular complexity index is 299. The van der Waals surface area contributed by atoms with Crippen LogP contribution in [0.5, 0.6) is 0 Å². The molecule has 0 aliphatic carbocycles. The maximum absolute atomic E-state index is 11.4. The quantitative estimate of drug-likeness (QED) is 0.546. The summed E-state index contributed by atoms with van der Waals surface area (Å²) in [5.41, 5.74) is 0. The zero-order valence-electron chi connectivity index (χ0n) is 10.7. The van der Waals surface area contributed by atoms with Gasteiger partial charge in [0.2, 0.25) is 0 Å². The van der Waals surface area contributed by atoms with Crippen molar-refractivity contribution < 1.29 is 19.1 Å². The topological polar surface area (TPSA) is 52.6 Å². The van der Waals surface area contributed by atoms with Gasteiger partial charge in [-0.2, -0.15) is 0 Å². The number of halogens is 1. The van der Waals surface area contributed by atoms with Crippen LogP contribution in [-0.4, -0.2) is 24.1 Å². The van der Waals surface area contributed by atoms with Crippen LogP contribution in [-0.2, 0) is 19.1 Å². The van der Waals surface area contributed by atoms with Crippen LogP contribution in [0.3, 0.4) is 0 Å². The lowest BCUT2D eigenvalue weighted by molar-refractivity contribution is -0.145. The smallest absolute Gasteiger partial charge is 0.350 e. The molecule has 0 heterocycles. The number of hydrogen-bond donors (Lipinski definition) is 0. The number of carbonyl (C=O) groups excluding carboxylic acids is 2. The van der Waals surface area contributed by atoms with Crippen molar-refractivity contribution >= 4 is 23.5 Å². The summed E-state index contributed by atoms with van der Waals surface area (Å²) in [7, 11) is 0. The predicted molar refractivity (Wildman–Crippen MR) is 65.6 cm³/mol. The van der Waals surface area contributed by atoms with Crippen molar-refractivity contribution in [3.8, 4) is 0 Å². The van der Waals surface area contributed by atoms with Crippen LogP contribution in [0.25, 0.3) is 0 Å². The summed E-state index contributed by atoms with van der Waals surface area (Å²) in [6, 6.07) is 0. The van der Waals surface area contributed by atoms with E-state index in [0.717, 1.165) is 6.08 Å². The molecule has 5 heteroatoms.